The average Bonchev–Trinajstić information content (AvgIpc) is 2.45. The predicted molar refractivity (Wildman–Crippen MR) is 87.2 cm³/mol. The second-order valence-electron chi connectivity index (χ2n) is 6.37. The molecule has 2 rings (SSSR count). The van der Waals surface area contributed by atoms with Crippen molar-refractivity contribution in [1.82, 2.24) is 14.9 Å². The minimum absolute atomic E-state index is 0.150. The first-order chi connectivity index (χ1) is 10.7. The summed E-state index contributed by atoms with van der Waals surface area (Å²) in [5.41, 5.74) is -0.237. The molecule has 0 unspecified atom stereocenters. The molecule has 0 spiro atoms. The molecule has 0 aromatic carbocycles. The Morgan fingerprint density at radius 3 is 2.35 bits per heavy atom. The van der Waals surface area contributed by atoms with Gasteiger partial charge >= 0.3 is 6.09 Å². The van der Waals surface area contributed by atoms with Crippen molar-refractivity contribution in [1.29, 1.82) is 0 Å². The van der Waals surface area contributed by atoms with Crippen LogP contribution in [0.4, 0.5) is 10.6 Å². The lowest BCUT2D eigenvalue weighted by molar-refractivity contribution is 0.0240. The maximum atomic E-state index is 12.1. The van der Waals surface area contributed by atoms with Crippen LogP contribution in [0.15, 0.2) is 0 Å². The van der Waals surface area contributed by atoms with Crippen molar-refractivity contribution in [2.45, 2.75) is 33.3 Å². The molecule has 0 bridgehead atoms. The molecule has 1 aliphatic rings. The molecule has 23 heavy (non-hydrogen) atoms. The first kappa shape index (κ1) is 17.5. The number of piperazine rings is 1. The molecule has 2 heterocycles. The van der Waals surface area contributed by atoms with E-state index in [-0.39, 0.29) is 16.8 Å². The number of rotatable bonds is 2. The molecule has 1 saturated heterocycles. The Balaban J connectivity index is 2.08. The largest absolute Gasteiger partial charge is 0.444 e. The SMILES string of the molecule is Cc1nc(Cl)c(C=O)c(N2CCN(C(=O)OC(C)(C)C)CC2)n1. The Morgan fingerprint density at radius 2 is 1.83 bits per heavy atom. The van der Waals surface area contributed by atoms with Crippen molar-refractivity contribution in [2.24, 2.45) is 0 Å². The first-order valence-electron chi connectivity index (χ1n) is 7.43. The van der Waals surface area contributed by atoms with Crippen LogP contribution in [0, 0.1) is 6.92 Å². The van der Waals surface area contributed by atoms with Gasteiger partial charge in [-0.3, -0.25) is 4.79 Å². The minimum atomic E-state index is -0.518. The normalized spacial score (nSPS) is 15.5. The summed E-state index contributed by atoms with van der Waals surface area (Å²) < 4.78 is 5.37. The number of ether oxygens (including phenoxy) is 1. The summed E-state index contributed by atoms with van der Waals surface area (Å²) in [4.78, 5) is 35.2. The van der Waals surface area contributed by atoms with Crippen LogP contribution in [0.3, 0.4) is 0 Å². The summed E-state index contributed by atoms with van der Waals surface area (Å²) in [6, 6.07) is 0. The summed E-state index contributed by atoms with van der Waals surface area (Å²) in [5.74, 6) is 1.02. The van der Waals surface area contributed by atoms with Crippen LogP contribution in [-0.4, -0.2) is 59.0 Å². The summed E-state index contributed by atoms with van der Waals surface area (Å²) in [6.07, 6.45) is 0.335. The van der Waals surface area contributed by atoms with E-state index in [2.05, 4.69) is 9.97 Å². The fraction of sp³-hybridized carbons (Fsp3) is 0.600. The third-order valence-corrected chi connectivity index (χ3v) is 3.63. The Morgan fingerprint density at radius 1 is 1.22 bits per heavy atom. The summed E-state index contributed by atoms with van der Waals surface area (Å²) in [5, 5.41) is 0.150. The minimum Gasteiger partial charge on any atom is -0.444 e. The molecule has 1 amide bonds. The van der Waals surface area contributed by atoms with E-state index >= 15 is 0 Å². The number of nitrogens with zero attached hydrogens (tertiary/aromatic N) is 4. The van der Waals surface area contributed by atoms with Gasteiger partial charge in [0.1, 0.15) is 22.4 Å². The van der Waals surface area contributed by atoms with Crippen molar-refractivity contribution in [3.8, 4) is 0 Å². The van der Waals surface area contributed by atoms with Gasteiger partial charge in [-0.15, -0.1) is 0 Å². The predicted octanol–water partition coefficient (Wildman–Crippen LogP) is 2.31. The van der Waals surface area contributed by atoms with Gasteiger partial charge in [-0.2, -0.15) is 0 Å². The van der Waals surface area contributed by atoms with Crippen LogP contribution < -0.4 is 4.90 Å². The van der Waals surface area contributed by atoms with E-state index < -0.39 is 5.60 Å². The fourth-order valence-electron chi connectivity index (χ4n) is 2.30. The van der Waals surface area contributed by atoms with E-state index in [0.29, 0.717) is 44.1 Å². The number of hydrogen-bond acceptors (Lipinski definition) is 6. The molecule has 1 aromatic rings. The van der Waals surface area contributed by atoms with Gasteiger partial charge in [0.15, 0.2) is 6.29 Å². The van der Waals surface area contributed by atoms with E-state index in [0.717, 1.165) is 0 Å². The number of aryl methyl sites for hydroxylation is 1. The highest BCUT2D eigenvalue weighted by molar-refractivity contribution is 6.32. The van der Waals surface area contributed by atoms with E-state index in [4.69, 9.17) is 16.3 Å². The maximum Gasteiger partial charge on any atom is 0.410 e. The highest BCUT2D eigenvalue weighted by atomic mass is 35.5. The molecule has 7 nitrogen and oxygen atoms in total. The van der Waals surface area contributed by atoms with Gasteiger partial charge in [0, 0.05) is 26.2 Å². The molecule has 1 fully saturated rings. The lowest BCUT2D eigenvalue weighted by Gasteiger charge is -2.36. The fourth-order valence-corrected chi connectivity index (χ4v) is 2.55. The number of anilines is 1. The maximum absolute atomic E-state index is 12.1. The highest BCUT2D eigenvalue weighted by Gasteiger charge is 2.27. The third-order valence-electron chi connectivity index (χ3n) is 3.34. The zero-order valence-electron chi connectivity index (χ0n) is 13.8. The lowest BCUT2D eigenvalue weighted by Crippen LogP contribution is -2.50. The molecular weight excluding hydrogens is 320 g/mol. The zero-order chi connectivity index (χ0) is 17.2. The van der Waals surface area contributed by atoms with Crippen LogP contribution >= 0.6 is 11.6 Å². The van der Waals surface area contributed by atoms with Crippen LogP contribution in [0.1, 0.15) is 37.0 Å². The van der Waals surface area contributed by atoms with Crippen molar-refractivity contribution in [3.63, 3.8) is 0 Å². The van der Waals surface area contributed by atoms with Gasteiger partial charge < -0.3 is 14.5 Å². The van der Waals surface area contributed by atoms with E-state index in [1.807, 2.05) is 25.7 Å². The monoisotopic (exact) mass is 340 g/mol. The topological polar surface area (TPSA) is 75.6 Å². The van der Waals surface area contributed by atoms with Gasteiger partial charge in [0.25, 0.3) is 0 Å². The second-order valence-corrected chi connectivity index (χ2v) is 6.73. The number of carbonyl (C=O) groups is 2. The number of hydrogen-bond donors (Lipinski definition) is 0. The third kappa shape index (κ3) is 4.31. The Bertz CT molecular complexity index is 607. The number of aldehydes is 1. The van der Waals surface area contributed by atoms with E-state index in [1.165, 1.54) is 0 Å². The Labute approximate surface area is 140 Å². The van der Waals surface area contributed by atoms with Crippen molar-refractivity contribution in [3.05, 3.63) is 16.5 Å². The molecule has 126 valence electrons. The average molecular weight is 341 g/mol. The van der Waals surface area contributed by atoms with Crippen LogP contribution in [-0.2, 0) is 4.74 Å². The van der Waals surface area contributed by atoms with Gasteiger partial charge in [0.2, 0.25) is 0 Å². The first-order valence-corrected chi connectivity index (χ1v) is 7.81. The van der Waals surface area contributed by atoms with E-state index in [9.17, 15) is 9.59 Å². The lowest BCUT2D eigenvalue weighted by atomic mass is 10.2. The van der Waals surface area contributed by atoms with Crippen molar-refractivity contribution >= 4 is 29.8 Å². The molecule has 0 N–H and O–H groups in total. The van der Waals surface area contributed by atoms with Gasteiger partial charge in [0.05, 0.1) is 5.56 Å². The Hall–Kier alpha value is -1.89. The molecule has 0 aliphatic carbocycles. The standard InChI is InChI=1S/C15H21ClN4O3/c1-10-17-12(16)11(9-21)13(18-10)19-5-7-20(8-6-19)14(22)23-15(2,3)4/h9H,5-8H2,1-4H3. The zero-order valence-corrected chi connectivity index (χ0v) is 14.6. The molecule has 0 saturated carbocycles. The van der Waals surface area contributed by atoms with Gasteiger partial charge in [-0.1, -0.05) is 11.6 Å². The van der Waals surface area contributed by atoms with Crippen LogP contribution in [0.2, 0.25) is 5.15 Å². The Kier molecular flexibility index (Phi) is 5.09. The van der Waals surface area contributed by atoms with Crippen LogP contribution in [0.25, 0.3) is 0 Å². The summed E-state index contributed by atoms with van der Waals surface area (Å²) in [7, 11) is 0. The highest BCUT2D eigenvalue weighted by Crippen LogP contribution is 2.24. The van der Waals surface area contributed by atoms with Crippen molar-refractivity contribution < 1.29 is 14.3 Å². The van der Waals surface area contributed by atoms with Crippen LogP contribution in [0.5, 0.6) is 0 Å². The number of aromatic nitrogens is 2. The second kappa shape index (κ2) is 6.70. The number of amides is 1. The van der Waals surface area contributed by atoms with Crippen molar-refractivity contribution in [2.75, 3.05) is 31.1 Å². The summed E-state index contributed by atoms with van der Waals surface area (Å²) in [6.45, 7) is 9.32. The molecule has 0 atom stereocenters. The molecular formula is C15H21ClN4O3. The molecule has 8 heteroatoms. The number of halogens is 1. The smallest absolute Gasteiger partial charge is 0.410 e. The van der Waals surface area contributed by atoms with Gasteiger partial charge in [-0.05, 0) is 27.7 Å². The molecule has 1 aliphatic heterocycles. The van der Waals surface area contributed by atoms with E-state index in [1.54, 1.807) is 11.8 Å². The molecule has 1 aromatic heterocycles. The summed E-state index contributed by atoms with van der Waals surface area (Å²) >= 11 is 6.01. The molecule has 0 radical (unpaired) electrons. The van der Waals surface area contributed by atoms with Gasteiger partial charge in [-0.25, -0.2) is 14.8 Å². The quantitative estimate of drug-likeness (QED) is 0.607. The number of carbonyl (C=O) groups excluding carboxylic acids is 2.